The van der Waals surface area contributed by atoms with Gasteiger partial charge >= 0.3 is 6.18 Å². The van der Waals surface area contributed by atoms with Gasteiger partial charge in [0.1, 0.15) is 11.6 Å². The maximum Gasteiger partial charge on any atom is 0.423 e. The molecule has 2 rings (SSSR count). The molecular formula is C19H17F4NO3. The highest BCUT2D eigenvalue weighted by molar-refractivity contribution is 5.91. The van der Waals surface area contributed by atoms with Crippen LogP contribution in [-0.2, 0) is 10.4 Å². The van der Waals surface area contributed by atoms with E-state index in [2.05, 4.69) is 0 Å². The van der Waals surface area contributed by atoms with Gasteiger partial charge in [-0.15, -0.1) is 0 Å². The minimum absolute atomic E-state index is 0.137. The summed E-state index contributed by atoms with van der Waals surface area (Å²) in [6.07, 6.45) is -2.73. The van der Waals surface area contributed by atoms with E-state index in [1.54, 1.807) is 0 Å². The molecule has 2 aromatic rings. The lowest BCUT2D eigenvalue weighted by atomic mass is 9.92. The van der Waals surface area contributed by atoms with Gasteiger partial charge in [0, 0.05) is 6.08 Å². The van der Waals surface area contributed by atoms with Crippen LogP contribution >= 0.6 is 0 Å². The minimum Gasteiger partial charge on any atom is -0.497 e. The summed E-state index contributed by atoms with van der Waals surface area (Å²) < 4.78 is 58.1. The molecule has 8 heteroatoms. The van der Waals surface area contributed by atoms with Crippen LogP contribution in [-0.4, -0.2) is 30.8 Å². The highest BCUT2D eigenvalue weighted by Crippen LogP contribution is 2.39. The van der Waals surface area contributed by atoms with Gasteiger partial charge < -0.3 is 15.2 Å². The number of carbonyl (C=O) groups is 1. The van der Waals surface area contributed by atoms with E-state index in [9.17, 15) is 27.5 Å². The molecule has 4 nitrogen and oxygen atoms in total. The minimum atomic E-state index is -5.03. The highest BCUT2D eigenvalue weighted by atomic mass is 19.4. The summed E-state index contributed by atoms with van der Waals surface area (Å²) in [5.74, 6) is -1.16. The number of alkyl halides is 3. The van der Waals surface area contributed by atoms with Crippen molar-refractivity contribution in [2.45, 2.75) is 11.8 Å². The number of carbonyl (C=O) groups excluding carboxylic acids is 1. The van der Waals surface area contributed by atoms with Crippen LogP contribution in [0.4, 0.5) is 17.6 Å². The average Bonchev–Trinajstić information content (AvgIpc) is 2.64. The molecule has 0 aromatic heterocycles. The van der Waals surface area contributed by atoms with Crippen LogP contribution in [0.2, 0.25) is 0 Å². The van der Waals surface area contributed by atoms with Crippen molar-refractivity contribution in [2.24, 2.45) is 0 Å². The fourth-order valence-corrected chi connectivity index (χ4v) is 2.27. The summed E-state index contributed by atoms with van der Waals surface area (Å²) >= 11 is 0. The molecule has 2 aromatic carbocycles. The first-order chi connectivity index (χ1) is 12.7. The van der Waals surface area contributed by atoms with E-state index < -0.39 is 35.6 Å². The van der Waals surface area contributed by atoms with Crippen molar-refractivity contribution in [1.29, 1.82) is 0 Å². The van der Waals surface area contributed by atoms with Crippen LogP contribution in [0.25, 0.3) is 6.08 Å². The Morgan fingerprint density at radius 1 is 1.19 bits per heavy atom. The predicted molar refractivity (Wildman–Crippen MR) is 91.4 cm³/mol. The molecule has 2 N–H and O–H groups in total. The second kappa shape index (κ2) is 8.22. The molecule has 1 unspecified atom stereocenters. The van der Waals surface area contributed by atoms with Gasteiger partial charge in [0.15, 0.2) is 0 Å². The van der Waals surface area contributed by atoms with E-state index in [0.29, 0.717) is 5.56 Å². The van der Waals surface area contributed by atoms with Gasteiger partial charge in [0.25, 0.3) is 0 Å². The zero-order chi connectivity index (χ0) is 20.1. The third-order valence-corrected chi connectivity index (χ3v) is 3.83. The molecule has 0 saturated heterocycles. The Hall–Kier alpha value is -2.87. The fourth-order valence-electron chi connectivity index (χ4n) is 2.27. The molecular weight excluding hydrogens is 366 g/mol. The van der Waals surface area contributed by atoms with E-state index in [-0.39, 0.29) is 5.75 Å². The maximum atomic E-state index is 13.5. The summed E-state index contributed by atoms with van der Waals surface area (Å²) in [6, 6.07) is 10.1. The fraction of sp³-hybridized carbons (Fsp3) is 0.211. The lowest BCUT2D eigenvalue weighted by molar-refractivity contribution is -0.264. The first kappa shape index (κ1) is 20.4. The van der Waals surface area contributed by atoms with E-state index >= 15 is 0 Å². The number of halogens is 4. The standard InChI is InChI=1S/C19H17F4NO3/c1-27-16-4-2-3-14(11-16)18(26,19(21,22)23)12-24-17(25)10-7-13-5-8-15(20)9-6-13/h2-11,26H,12H2,1H3,(H,24,25)/b10-7+. The Bertz CT molecular complexity index is 818. The van der Waals surface area contributed by atoms with Crippen molar-refractivity contribution in [3.63, 3.8) is 0 Å². The summed E-state index contributed by atoms with van der Waals surface area (Å²) in [5, 5.41) is 12.3. The third-order valence-electron chi connectivity index (χ3n) is 3.83. The maximum absolute atomic E-state index is 13.5. The molecule has 0 saturated carbocycles. The highest BCUT2D eigenvalue weighted by Gasteiger charge is 2.55. The van der Waals surface area contributed by atoms with Crippen molar-refractivity contribution in [3.05, 3.63) is 71.6 Å². The molecule has 0 aliphatic rings. The number of amides is 1. The predicted octanol–water partition coefficient (Wildman–Crippen LogP) is 3.41. The topological polar surface area (TPSA) is 58.6 Å². The summed E-state index contributed by atoms with van der Waals surface area (Å²) in [4.78, 5) is 11.8. The molecule has 1 atom stereocenters. The van der Waals surface area contributed by atoms with Crippen LogP contribution in [0, 0.1) is 5.82 Å². The molecule has 1 amide bonds. The van der Waals surface area contributed by atoms with Crippen molar-refractivity contribution in [3.8, 4) is 5.75 Å². The number of hydrogen-bond acceptors (Lipinski definition) is 3. The second-order valence-corrected chi connectivity index (χ2v) is 5.69. The molecule has 0 fully saturated rings. The van der Waals surface area contributed by atoms with Crippen LogP contribution in [0.5, 0.6) is 5.75 Å². The molecule has 0 aliphatic heterocycles. The monoisotopic (exact) mass is 383 g/mol. The van der Waals surface area contributed by atoms with E-state index in [4.69, 9.17) is 4.74 Å². The lowest BCUT2D eigenvalue weighted by Crippen LogP contribution is -2.50. The van der Waals surface area contributed by atoms with Crippen molar-refractivity contribution >= 4 is 12.0 Å². The Morgan fingerprint density at radius 3 is 2.44 bits per heavy atom. The van der Waals surface area contributed by atoms with Crippen LogP contribution in [0.15, 0.2) is 54.6 Å². The molecule has 0 spiro atoms. The zero-order valence-electron chi connectivity index (χ0n) is 14.3. The van der Waals surface area contributed by atoms with Gasteiger partial charge in [0.05, 0.1) is 13.7 Å². The van der Waals surface area contributed by atoms with Crippen molar-refractivity contribution in [1.82, 2.24) is 5.32 Å². The van der Waals surface area contributed by atoms with Gasteiger partial charge in [-0.1, -0.05) is 24.3 Å². The van der Waals surface area contributed by atoms with Crippen LogP contribution in [0.1, 0.15) is 11.1 Å². The van der Waals surface area contributed by atoms with Gasteiger partial charge in [-0.2, -0.15) is 13.2 Å². The van der Waals surface area contributed by atoms with Gasteiger partial charge in [0.2, 0.25) is 11.5 Å². The number of aliphatic hydroxyl groups is 1. The quantitative estimate of drug-likeness (QED) is 0.594. The van der Waals surface area contributed by atoms with Gasteiger partial charge in [-0.05, 0) is 41.5 Å². The van der Waals surface area contributed by atoms with Crippen LogP contribution < -0.4 is 10.1 Å². The number of rotatable bonds is 6. The number of nitrogens with one attached hydrogen (secondary N) is 1. The average molecular weight is 383 g/mol. The number of benzene rings is 2. The zero-order valence-corrected chi connectivity index (χ0v) is 14.3. The van der Waals surface area contributed by atoms with Gasteiger partial charge in [-0.25, -0.2) is 4.39 Å². The Morgan fingerprint density at radius 2 is 1.85 bits per heavy atom. The number of hydrogen-bond donors (Lipinski definition) is 2. The number of ether oxygens (including phenoxy) is 1. The molecule has 144 valence electrons. The Balaban J connectivity index is 2.14. The molecule has 27 heavy (non-hydrogen) atoms. The SMILES string of the molecule is COc1cccc(C(O)(CNC(=O)/C=C/c2ccc(F)cc2)C(F)(F)F)c1. The van der Waals surface area contributed by atoms with E-state index in [0.717, 1.165) is 18.2 Å². The largest absolute Gasteiger partial charge is 0.497 e. The van der Waals surface area contributed by atoms with E-state index in [1.807, 2.05) is 5.32 Å². The van der Waals surface area contributed by atoms with Crippen molar-refractivity contribution in [2.75, 3.05) is 13.7 Å². The second-order valence-electron chi connectivity index (χ2n) is 5.69. The molecule has 0 aliphatic carbocycles. The first-order valence-corrected chi connectivity index (χ1v) is 7.81. The molecule has 0 radical (unpaired) electrons. The van der Waals surface area contributed by atoms with Gasteiger partial charge in [-0.3, -0.25) is 4.79 Å². The first-order valence-electron chi connectivity index (χ1n) is 7.81. The molecule has 0 bridgehead atoms. The summed E-state index contributed by atoms with van der Waals surface area (Å²) in [6.45, 7) is -1.09. The Kier molecular flexibility index (Phi) is 6.22. The summed E-state index contributed by atoms with van der Waals surface area (Å²) in [7, 11) is 1.29. The Labute approximate surface area is 153 Å². The van der Waals surface area contributed by atoms with Crippen molar-refractivity contribution < 1.29 is 32.2 Å². The smallest absolute Gasteiger partial charge is 0.423 e. The van der Waals surface area contributed by atoms with Crippen LogP contribution in [0.3, 0.4) is 0 Å². The lowest BCUT2D eigenvalue weighted by Gasteiger charge is -2.31. The van der Waals surface area contributed by atoms with E-state index in [1.165, 1.54) is 49.6 Å². The number of methoxy groups -OCH3 is 1. The normalized spacial score (nSPS) is 14.0. The third kappa shape index (κ3) is 5.07. The summed E-state index contributed by atoms with van der Waals surface area (Å²) in [5.41, 5.74) is -3.26. The molecule has 0 heterocycles.